The lowest BCUT2D eigenvalue weighted by atomic mass is 9.96. The van der Waals surface area contributed by atoms with Crippen LogP contribution in [0.5, 0.6) is 0 Å². The number of rotatable bonds is 4. The Morgan fingerprint density at radius 3 is 1.53 bits per heavy atom. The van der Waals surface area contributed by atoms with Crippen LogP contribution in [0.4, 0.5) is 0 Å². The third kappa shape index (κ3) is 4.54. The Morgan fingerprint density at radius 2 is 0.793 bits per heavy atom. The third-order valence-corrected chi connectivity index (χ3v) is 11.5. The van der Waals surface area contributed by atoms with Gasteiger partial charge >= 0.3 is 0 Å². The van der Waals surface area contributed by atoms with E-state index in [-0.39, 0.29) is 0 Å². The van der Waals surface area contributed by atoms with Gasteiger partial charge in [0.05, 0.1) is 11.1 Å². The molecule has 0 aliphatic carbocycles. The molecule has 0 aliphatic heterocycles. The standard InChI is InChI=1S/C52H28N2O4/c1-2-10-29(11-3-1)30-20-25-44-39(27-30)49-50(53-51(54-52(49)58-44)36-15-9-19-45-47(36)34-13-5-7-17-41(34)56-45)35-14-8-18-46-48(35)38-28-32(22-24-43(38)57-46)31-21-23-42-37(26-31)33-12-4-6-16-40(33)55-42/h1-28H. The predicted octanol–water partition coefficient (Wildman–Crippen LogP) is 14.7. The normalized spacial score (nSPS) is 12.1. The molecular weight excluding hydrogens is 717 g/mol. The summed E-state index contributed by atoms with van der Waals surface area (Å²) in [4.78, 5) is 10.7. The summed E-state index contributed by atoms with van der Waals surface area (Å²) in [5.41, 5.74) is 13.1. The van der Waals surface area contributed by atoms with Gasteiger partial charge in [0, 0.05) is 48.8 Å². The van der Waals surface area contributed by atoms with E-state index in [2.05, 4.69) is 97.1 Å². The van der Waals surface area contributed by atoms with E-state index in [4.69, 9.17) is 27.6 Å². The van der Waals surface area contributed by atoms with E-state index in [1.165, 1.54) is 0 Å². The summed E-state index contributed by atoms with van der Waals surface area (Å²) >= 11 is 0. The number of para-hydroxylation sites is 2. The van der Waals surface area contributed by atoms with Gasteiger partial charge in [0.2, 0.25) is 5.71 Å². The monoisotopic (exact) mass is 744 g/mol. The van der Waals surface area contributed by atoms with Crippen LogP contribution in [0.25, 0.3) is 133 Å². The topological polar surface area (TPSA) is 78.3 Å². The zero-order valence-corrected chi connectivity index (χ0v) is 30.7. The van der Waals surface area contributed by atoms with Crippen molar-refractivity contribution in [2.75, 3.05) is 0 Å². The first-order valence-corrected chi connectivity index (χ1v) is 19.3. The second kappa shape index (κ2) is 11.8. The maximum Gasteiger partial charge on any atom is 0.231 e. The lowest BCUT2D eigenvalue weighted by molar-refractivity contribution is 0.653. The first-order valence-electron chi connectivity index (χ1n) is 19.3. The van der Waals surface area contributed by atoms with E-state index < -0.39 is 0 Å². The minimum absolute atomic E-state index is 0.510. The van der Waals surface area contributed by atoms with Crippen LogP contribution in [-0.4, -0.2) is 9.97 Å². The molecule has 0 N–H and O–H groups in total. The number of hydrogen-bond acceptors (Lipinski definition) is 6. The van der Waals surface area contributed by atoms with Crippen molar-refractivity contribution < 1.29 is 17.7 Å². The summed E-state index contributed by atoms with van der Waals surface area (Å²) in [5.74, 6) is 0.549. The van der Waals surface area contributed by atoms with Crippen LogP contribution >= 0.6 is 0 Å². The van der Waals surface area contributed by atoms with Crippen molar-refractivity contribution in [2.45, 2.75) is 0 Å². The SMILES string of the molecule is c1ccc(-c2ccc3oc4nc(-c5cccc6oc7ccccc7c56)nc(-c5cccc6oc7ccc(-c8ccc9oc%10ccccc%10c9c8)cc7c56)c4c3c2)cc1. The second-order valence-corrected chi connectivity index (χ2v) is 14.8. The zero-order chi connectivity index (χ0) is 37.9. The Hall–Kier alpha value is -7.96. The molecule has 13 aromatic rings. The van der Waals surface area contributed by atoms with Crippen molar-refractivity contribution in [3.05, 3.63) is 170 Å². The highest BCUT2D eigenvalue weighted by Crippen LogP contribution is 2.45. The van der Waals surface area contributed by atoms with Gasteiger partial charge in [0.25, 0.3) is 0 Å². The van der Waals surface area contributed by atoms with Crippen molar-refractivity contribution in [1.82, 2.24) is 9.97 Å². The summed E-state index contributed by atoms with van der Waals surface area (Å²) in [5, 5.41) is 7.91. The molecule has 0 radical (unpaired) electrons. The van der Waals surface area contributed by atoms with E-state index in [1.54, 1.807) is 0 Å². The molecule has 0 saturated carbocycles. The maximum absolute atomic E-state index is 6.66. The number of fused-ring (bicyclic) bond motifs is 12. The Bertz CT molecular complexity index is 3810. The Kier molecular flexibility index (Phi) is 6.35. The molecule has 5 aromatic heterocycles. The van der Waals surface area contributed by atoms with Crippen LogP contribution in [-0.2, 0) is 0 Å². The summed E-state index contributed by atoms with van der Waals surface area (Å²) < 4.78 is 25.7. The molecule has 0 saturated heterocycles. The molecule has 270 valence electrons. The molecule has 0 fully saturated rings. The summed E-state index contributed by atoms with van der Waals surface area (Å²) in [6.45, 7) is 0. The zero-order valence-electron chi connectivity index (χ0n) is 30.7. The van der Waals surface area contributed by atoms with Gasteiger partial charge < -0.3 is 17.7 Å². The molecule has 0 bridgehead atoms. The van der Waals surface area contributed by atoms with E-state index in [0.717, 1.165) is 121 Å². The fraction of sp³-hybridized carbons (Fsp3) is 0. The van der Waals surface area contributed by atoms with E-state index in [1.807, 2.05) is 72.8 Å². The van der Waals surface area contributed by atoms with Gasteiger partial charge in [-0.05, 0) is 82.9 Å². The first kappa shape index (κ1) is 31.3. The fourth-order valence-electron chi connectivity index (χ4n) is 8.87. The van der Waals surface area contributed by atoms with Crippen molar-refractivity contribution in [3.63, 3.8) is 0 Å². The van der Waals surface area contributed by atoms with Crippen LogP contribution < -0.4 is 0 Å². The lowest BCUT2D eigenvalue weighted by Gasteiger charge is -2.09. The molecule has 0 amide bonds. The molecule has 0 aliphatic rings. The van der Waals surface area contributed by atoms with Crippen molar-refractivity contribution in [1.29, 1.82) is 0 Å². The number of aromatic nitrogens is 2. The van der Waals surface area contributed by atoms with E-state index >= 15 is 0 Å². The van der Waals surface area contributed by atoms with Gasteiger partial charge in [-0.15, -0.1) is 0 Å². The molecule has 8 aromatic carbocycles. The Morgan fingerprint density at radius 1 is 0.293 bits per heavy atom. The highest BCUT2D eigenvalue weighted by molar-refractivity contribution is 6.20. The average Bonchev–Trinajstić information content (AvgIpc) is 4.05. The van der Waals surface area contributed by atoms with Crippen molar-refractivity contribution in [2.24, 2.45) is 0 Å². The molecule has 6 heteroatoms. The Labute approximate surface area is 329 Å². The maximum atomic E-state index is 6.66. The van der Waals surface area contributed by atoms with Gasteiger partial charge in [0.15, 0.2) is 5.82 Å². The molecule has 6 nitrogen and oxygen atoms in total. The largest absolute Gasteiger partial charge is 0.456 e. The Balaban J connectivity index is 1.09. The third-order valence-electron chi connectivity index (χ3n) is 11.5. The summed E-state index contributed by atoms with van der Waals surface area (Å²) in [7, 11) is 0. The smallest absolute Gasteiger partial charge is 0.231 e. The van der Waals surface area contributed by atoms with Crippen molar-refractivity contribution in [3.8, 4) is 44.9 Å². The molecule has 13 rings (SSSR count). The highest BCUT2D eigenvalue weighted by Gasteiger charge is 2.24. The quantitative estimate of drug-likeness (QED) is 0.179. The predicted molar refractivity (Wildman–Crippen MR) is 233 cm³/mol. The van der Waals surface area contributed by atoms with E-state index in [0.29, 0.717) is 11.5 Å². The molecular formula is C52H28N2O4. The molecule has 0 spiro atoms. The van der Waals surface area contributed by atoms with Crippen LogP contribution in [0.15, 0.2) is 188 Å². The molecule has 0 unspecified atom stereocenters. The van der Waals surface area contributed by atoms with Crippen LogP contribution in [0.2, 0.25) is 0 Å². The summed E-state index contributed by atoms with van der Waals surface area (Å²) in [6, 6.07) is 58.1. The number of benzene rings is 8. The molecule has 5 heterocycles. The highest BCUT2D eigenvalue weighted by atomic mass is 16.3. The minimum Gasteiger partial charge on any atom is -0.456 e. The van der Waals surface area contributed by atoms with Gasteiger partial charge in [-0.1, -0.05) is 109 Å². The van der Waals surface area contributed by atoms with Crippen LogP contribution in [0, 0.1) is 0 Å². The van der Waals surface area contributed by atoms with Crippen LogP contribution in [0.3, 0.4) is 0 Å². The van der Waals surface area contributed by atoms with Gasteiger partial charge in [0.1, 0.15) is 39.1 Å². The minimum atomic E-state index is 0.510. The number of furan rings is 4. The summed E-state index contributed by atoms with van der Waals surface area (Å²) in [6.07, 6.45) is 0. The first-order chi connectivity index (χ1) is 28.7. The van der Waals surface area contributed by atoms with Crippen molar-refractivity contribution >= 4 is 87.9 Å². The fourth-order valence-corrected chi connectivity index (χ4v) is 8.87. The van der Waals surface area contributed by atoms with Gasteiger partial charge in [-0.25, -0.2) is 4.98 Å². The van der Waals surface area contributed by atoms with Gasteiger partial charge in [-0.3, -0.25) is 0 Å². The van der Waals surface area contributed by atoms with Gasteiger partial charge in [-0.2, -0.15) is 4.98 Å². The number of nitrogens with zero attached hydrogens (tertiary/aromatic N) is 2. The molecule has 0 atom stereocenters. The average molecular weight is 745 g/mol. The van der Waals surface area contributed by atoms with E-state index in [9.17, 15) is 0 Å². The number of hydrogen-bond donors (Lipinski definition) is 0. The van der Waals surface area contributed by atoms with Crippen LogP contribution in [0.1, 0.15) is 0 Å². The lowest BCUT2D eigenvalue weighted by Crippen LogP contribution is -1.95. The molecule has 58 heavy (non-hydrogen) atoms. The second-order valence-electron chi connectivity index (χ2n) is 14.8.